The number of nitrogens with one attached hydrogen (secondary N) is 1. The summed E-state index contributed by atoms with van der Waals surface area (Å²) in [5.41, 5.74) is 6.33. The Morgan fingerprint density at radius 1 is 1.73 bits per heavy atom. The number of hydrogen-bond donors (Lipinski definition) is 2. The van der Waals surface area contributed by atoms with Crippen molar-refractivity contribution < 1.29 is 4.79 Å². The summed E-state index contributed by atoms with van der Waals surface area (Å²) in [6, 6.07) is 1.85. The van der Waals surface area contributed by atoms with Crippen molar-refractivity contribution in [1.29, 1.82) is 0 Å². The van der Waals surface area contributed by atoms with Crippen molar-refractivity contribution >= 4 is 40.1 Å². The first-order chi connectivity index (χ1) is 7.15. The minimum Gasteiger partial charge on any atom is -0.393 e. The first-order valence-electron chi connectivity index (χ1n) is 4.77. The summed E-state index contributed by atoms with van der Waals surface area (Å²) in [4.78, 5) is 12.0. The average Bonchev–Trinajstić information content (AvgIpc) is 2.65. The molecule has 3 N–H and O–H groups in total. The van der Waals surface area contributed by atoms with Gasteiger partial charge in [0.2, 0.25) is 5.91 Å². The van der Waals surface area contributed by atoms with E-state index in [0.717, 1.165) is 12.1 Å². The van der Waals surface area contributed by atoms with Gasteiger partial charge in [0.1, 0.15) is 0 Å². The molecule has 0 saturated carbocycles. The number of rotatable bonds is 5. The van der Waals surface area contributed by atoms with E-state index in [9.17, 15) is 4.79 Å². The molecule has 1 atom stereocenters. The molecule has 1 rings (SSSR count). The SMILES string of the molecule is CCCC(C(=O)Nc1ccsc1)C(N)=S. The largest absolute Gasteiger partial charge is 0.393 e. The standard InChI is InChI=1S/C10H14N2OS2/c1-2-3-8(9(11)14)10(13)12-7-4-5-15-6-7/h4-6,8H,2-3H2,1H3,(H2,11,14)(H,12,13). The maximum Gasteiger partial charge on any atom is 0.234 e. The van der Waals surface area contributed by atoms with Crippen LogP contribution in [0.5, 0.6) is 0 Å². The molecule has 0 aliphatic rings. The van der Waals surface area contributed by atoms with E-state index in [0.29, 0.717) is 6.42 Å². The Hall–Kier alpha value is -0.940. The van der Waals surface area contributed by atoms with Crippen molar-refractivity contribution in [2.75, 3.05) is 5.32 Å². The molecule has 0 radical (unpaired) electrons. The fourth-order valence-corrected chi connectivity index (χ4v) is 2.07. The summed E-state index contributed by atoms with van der Waals surface area (Å²) in [7, 11) is 0. The van der Waals surface area contributed by atoms with Crippen molar-refractivity contribution in [3.05, 3.63) is 16.8 Å². The van der Waals surface area contributed by atoms with Gasteiger partial charge in [-0.15, -0.1) is 0 Å². The lowest BCUT2D eigenvalue weighted by Gasteiger charge is -2.13. The number of amides is 1. The summed E-state index contributed by atoms with van der Waals surface area (Å²) >= 11 is 6.41. The molecule has 1 unspecified atom stereocenters. The average molecular weight is 242 g/mol. The zero-order valence-corrected chi connectivity index (χ0v) is 10.2. The molecule has 82 valence electrons. The Labute approximate surface area is 98.7 Å². The molecule has 0 aliphatic carbocycles. The normalized spacial score (nSPS) is 12.1. The number of thiocarbonyl (C=S) groups is 1. The van der Waals surface area contributed by atoms with Crippen LogP contribution >= 0.6 is 23.6 Å². The lowest BCUT2D eigenvalue weighted by atomic mass is 10.0. The third-order valence-electron chi connectivity index (χ3n) is 2.03. The van der Waals surface area contributed by atoms with Crippen molar-refractivity contribution in [2.45, 2.75) is 19.8 Å². The second-order valence-electron chi connectivity index (χ2n) is 3.24. The minimum atomic E-state index is -0.357. The van der Waals surface area contributed by atoms with Crippen LogP contribution in [0.3, 0.4) is 0 Å². The van der Waals surface area contributed by atoms with E-state index in [1.807, 2.05) is 23.8 Å². The van der Waals surface area contributed by atoms with Crippen molar-refractivity contribution in [2.24, 2.45) is 11.7 Å². The van der Waals surface area contributed by atoms with Gasteiger partial charge in [0.25, 0.3) is 0 Å². The zero-order valence-electron chi connectivity index (χ0n) is 8.53. The van der Waals surface area contributed by atoms with Crippen LogP contribution in [-0.4, -0.2) is 10.9 Å². The quantitative estimate of drug-likeness (QED) is 0.779. The number of thiophene rings is 1. The van der Waals surface area contributed by atoms with Crippen LogP contribution in [0.2, 0.25) is 0 Å². The second-order valence-corrected chi connectivity index (χ2v) is 4.50. The molecule has 0 aromatic carbocycles. The van der Waals surface area contributed by atoms with Gasteiger partial charge in [-0.2, -0.15) is 11.3 Å². The van der Waals surface area contributed by atoms with Gasteiger partial charge in [0.05, 0.1) is 16.6 Å². The minimum absolute atomic E-state index is 0.109. The molecule has 5 heteroatoms. The van der Waals surface area contributed by atoms with E-state index in [-0.39, 0.29) is 16.8 Å². The maximum absolute atomic E-state index is 11.8. The third-order valence-corrected chi connectivity index (χ3v) is 2.99. The molecule has 0 bridgehead atoms. The summed E-state index contributed by atoms with van der Waals surface area (Å²) in [5.74, 6) is -0.465. The highest BCUT2D eigenvalue weighted by atomic mass is 32.1. The molecule has 1 amide bonds. The number of carbonyl (C=O) groups is 1. The summed E-state index contributed by atoms with van der Waals surface area (Å²) in [6.07, 6.45) is 1.59. The molecule has 1 heterocycles. The Kier molecular flexibility index (Phi) is 4.71. The van der Waals surface area contributed by atoms with Gasteiger partial charge in [0, 0.05) is 5.38 Å². The molecule has 0 fully saturated rings. The summed E-state index contributed by atoms with van der Waals surface area (Å²) in [6.45, 7) is 2.00. The van der Waals surface area contributed by atoms with Crippen molar-refractivity contribution in [3.63, 3.8) is 0 Å². The summed E-state index contributed by atoms with van der Waals surface area (Å²) < 4.78 is 0. The topological polar surface area (TPSA) is 55.1 Å². The highest BCUT2D eigenvalue weighted by molar-refractivity contribution is 7.80. The monoisotopic (exact) mass is 242 g/mol. The van der Waals surface area contributed by atoms with Gasteiger partial charge in [-0.3, -0.25) is 4.79 Å². The highest BCUT2D eigenvalue weighted by Crippen LogP contribution is 2.15. The lowest BCUT2D eigenvalue weighted by molar-refractivity contribution is -0.118. The van der Waals surface area contributed by atoms with E-state index in [2.05, 4.69) is 5.32 Å². The predicted octanol–water partition coefficient (Wildman–Crippen LogP) is 2.39. The molecule has 15 heavy (non-hydrogen) atoms. The van der Waals surface area contributed by atoms with Crippen LogP contribution in [0.15, 0.2) is 16.8 Å². The molecule has 3 nitrogen and oxygen atoms in total. The van der Waals surface area contributed by atoms with Crippen LogP contribution < -0.4 is 11.1 Å². The Morgan fingerprint density at radius 2 is 2.47 bits per heavy atom. The Bertz CT molecular complexity index is 335. The van der Waals surface area contributed by atoms with E-state index >= 15 is 0 Å². The van der Waals surface area contributed by atoms with Crippen LogP contribution in [0, 0.1) is 5.92 Å². The van der Waals surface area contributed by atoms with Gasteiger partial charge >= 0.3 is 0 Å². The smallest absolute Gasteiger partial charge is 0.234 e. The Balaban J connectivity index is 2.60. The molecule has 1 aromatic heterocycles. The van der Waals surface area contributed by atoms with Crippen LogP contribution in [0.25, 0.3) is 0 Å². The van der Waals surface area contributed by atoms with E-state index in [1.165, 1.54) is 11.3 Å². The Morgan fingerprint density at radius 3 is 2.93 bits per heavy atom. The number of hydrogen-bond acceptors (Lipinski definition) is 3. The highest BCUT2D eigenvalue weighted by Gasteiger charge is 2.20. The van der Waals surface area contributed by atoms with Crippen LogP contribution in [-0.2, 0) is 4.79 Å². The summed E-state index contributed by atoms with van der Waals surface area (Å²) in [5, 5.41) is 6.58. The molecular weight excluding hydrogens is 228 g/mol. The number of nitrogens with two attached hydrogens (primary N) is 1. The van der Waals surface area contributed by atoms with E-state index in [1.54, 1.807) is 0 Å². The molecule has 1 aromatic rings. The number of anilines is 1. The van der Waals surface area contributed by atoms with E-state index < -0.39 is 0 Å². The fourth-order valence-electron chi connectivity index (χ4n) is 1.26. The fraction of sp³-hybridized carbons (Fsp3) is 0.400. The zero-order chi connectivity index (χ0) is 11.3. The molecular formula is C10H14N2OS2. The molecule has 0 saturated heterocycles. The second kappa shape index (κ2) is 5.82. The van der Waals surface area contributed by atoms with Crippen LogP contribution in [0.4, 0.5) is 5.69 Å². The third kappa shape index (κ3) is 3.60. The van der Waals surface area contributed by atoms with Gasteiger partial charge in [-0.05, 0) is 17.9 Å². The van der Waals surface area contributed by atoms with Crippen molar-refractivity contribution in [3.8, 4) is 0 Å². The predicted molar refractivity (Wildman–Crippen MR) is 68.1 cm³/mol. The molecule has 0 aliphatic heterocycles. The van der Waals surface area contributed by atoms with Gasteiger partial charge in [-0.1, -0.05) is 25.6 Å². The van der Waals surface area contributed by atoms with E-state index in [4.69, 9.17) is 18.0 Å². The first-order valence-corrected chi connectivity index (χ1v) is 6.12. The maximum atomic E-state index is 11.8. The number of carbonyl (C=O) groups excluding carboxylic acids is 1. The van der Waals surface area contributed by atoms with Gasteiger partial charge in [-0.25, -0.2) is 0 Å². The van der Waals surface area contributed by atoms with Gasteiger partial charge < -0.3 is 11.1 Å². The lowest BCUT2D eigenvalue weighted by Crippen LogP contribution is -2.33. The van der Waals surface area contributed by atoms with Gasteiger partial charge in [0.15, 0.2) is 0 Å². The first kappa shape index (κ1) is 12.1. The van der Waals surface area contributed by atoms with Crippen molar-refractivity contribution in [1.82, 2.24) is 0 Å². The molecule has 0 spiro atoms. The van der Waals surface area contributed by atoms with Crippen LogP contribution in [0.1, 0.15) is 19.8 Å².